The van der Waals surface area contributed by atoms with Crippen LogP contribution in [0.2, 0.25) is 0 Å². The molecule has 0 saturated carbocycles. The fourth-order valence-corrected chi connectivity index (χ4v) is 6.76. The molecule has 1 unspecified atom stereocenters. The van der Waals surface area contributed by atoms with Crippen LogP contribution in [-0.2, 0) is 10.0 Å². The minimum absolute atomic E-state index is 0.0133. The van der Waals surface area contributed by atoms with Gasteiger partial charge in [-0.25, -0.2) is 8.42 Å². The summed E-state index contributed by atoms with van der Waals surface area (Å²) >= 11 is 3.43. The molecule has 1 aliphatic heterocycles. The van der Waals surface area contributed by atoms with Gasteiger partial charge in [-0.1, -0.05) is 54.1 Å². The molecule has 0 bridgehead atoms. The average molecular weight is 400 g/mol. The van der Waals surface area contributed by atoms with E-state index < -0.39 is 10.0 Å². The first-order valence-corrected chi connectivity index (χ1v) is 10.3. The second-order valence-corrected chi connectivity index (χ2v) is 9.71. The van der Waals surface area contributed by atoms with Crippen molar-refractivity contribution in [3.05, 3.63) is 39.9 Å². The van der Waals surface area contributed by atoms with Gasteiger partial charge in [0.05, 0.1) is 10.9 Å². The Hall–Kier alpha value is -0.650. The predicted molar refractivity (Wildman–Crippen MR) is 99.4 cm³/mol. The van der Waals surface area contributed by atoms with E-state index in [-0.39, 0.29) is 18.0 Å². The lowest BCUT2D eigenvalue weighted by Crippen LogP contribution is -2.44. The summed E-state index contributed by atoms with van der Waals surface area (Å²) in [6, 6.07) is 3.73. The minimum Gasteiger partial charge on any atom is -0.207 e. The molecule has 23 heavy (non-hydrogen) atoms. The SMILES string of the molecule is C=C(Br)C1CC[C@@H](C(C)C)N1S(=O)(=O)c1c(C)cc(C)cc1C. The Labute approximate surface area is 149 Å². The van der Waals surface area contributed by atoms with Crippen LogP contribution < -0.4 is 0 Å². The summed E-state index contributed by atoms with van der Waals surface area (Å²) in [6.07, 6.45) is 1.69. The molecule has 0 spiro atoms. The highest BCUT2D eigenvalue weighted by Gasteiger charge is 2.44. The number of hydrogen-bond donors (Lipinski definition) is 0. The predicted octanol–water partition coefficient (Wildman–Crippen LogP) is 4.70. The molecule has 3 nitrogen and oxygen atoms in total. The third-order valence-electron chi connectivity index (χ3n) is 4.64. The van der Waals surface area contributed by atoms with E-state index in [1.165, 1.54) is 0 Å². The quantitative estimate of drug-likeness (QED) is 0.735. The topological polar surface area (TPSA) is 37.4 Å². The van der Waals surface area contributed by atoms with Crippen LogP contribution in [-0.4, -0.2) is 24.8 Å². The third kappa shape index (κ3) is 3.42. The standard InChI is InChI=1S/C18H26BrNO2S/c1-11(2)16-7-8-17(15(6)19)20(16)23(21,22)18-13(4)9-12(3)10-14(18)5/h9-11,16-17H,6-8H2,1-5H3/t16-,17?/m0/s1. The van der Waals surface area contributed by atoms with Gasteiger partial charge < -0.3 is 0 Å². The molecule has 1 fully saturated rings. The van der Waals surface area contributed by atoms with E-state index in [0.29, 0.717) is 4.90 Å². The maximum atomic E-state index is 13.5. The number of rotatable bonds is 4. The lowest BCUT2D eigenvalue weighted by atomic mass is 10.0. The minimum atomic E-state index is -3.56. The monoisotopic (exact) mass is 399 g/mol. The fraction of sp³-hybridized carbons (Fsp3) is 0.556. The third-order valence-corrected chi connectivity index (χ3v) is 7.41. The Morgan fingerprint density at radius 2 is 1.74 bits per heavy atom. The average Bonchev–Trinajstić information content (AvgIpc) is 2.82. The highest BCUT2D eigenvalue weighted by atomic mass is 79.9. The van der Waals surface area contributed by atoms with E-state index in [1.54, 1.807) is 4.31 Å². The van der Waals surface area contributed by atoms with Crippen molar-refractivity contribution in [2.24, 2.45) is 5.92 Å². The Morgan fingerprint density at radius 3 is 2.17 bits per heavy atom. The zero-order chi connectivity index (χ0) is 17.5. The van der Waals surface area contributed by atoms with Crippen molar-refractivity contribution in [2.75, 3.05) is 0 Å². The lowest BCUT2D eigenvalue weighted by molar-refractivity contribution is 0.290. The van der Waals surface area contributed by atoms with Crippen LogP contribution >= 0.6 is 15.9 Å². The van der Waals surface area contributed by atoms with Crippen molar-refractivity contribution >= 4 is 26.0 Å². The van der Waals surface area contributed by atoms with Crippen molar-refractivity contribution in [1.82, 2.24) is 4.31 Å². The number of nitrogens with zero attached hydrogens (tertiary/aromatic N) is 1. The molecule has 2 rings (SSSR count). The Bertz CT molecular complexity index is 702. The molecule has 1 aromatic rings. The molecule has 1 aromatic carbocycles. The van der Waals surface area contributed by atoms with Crippen molar-refractivity contribution in [1.29, 1.82) is 0 Å². The molecular formula is C18H26BrNO2S. The van der Waals surface area contributed by atoms with E-state index in [1.807, 2.05) is 32.9 Å². The smallest absolute Gasteiger partial charge is 0.207 e. The zero-order valence-corrected chi connectivity index (χ0v) is 17.0. The molecule has 128 valence electrons. The van der Waals surface area contributed by atoms with E-state index in [4.69, 9.17) is 0 Å². The summed E-state index contributed by atoms with van der Waals surface area (Å²) in [4.78, 5) is 0.453. The van der Waals surface area contributed by atoms with E-state index in [0.717, 1.165) is 34.0 Å². The second kappa shape index (κ2) is 6.69. The zero-order valence-electron chi connectivity index (χ0n) is 14.6. The molecule has 0 radical (unpaired) electrons. The van der Waals surface area contributed by atoms with Crippen LogP contribution in [0.15, 0.2) is 28.1 Å². The lowest BCUT2D eigenvalue weighted by Gasteiger charge is -2.32. The van der Waals surface area contributed by atoms with E-state index in [9.17, 15) is 8.42 Å². The molecular weight excluding hydrogens is 374 g/mol. The first-order chi connectivity index (χ1) is 10.6. The number of hydrogen-bond acceptors (Lipinski definition) is 2. The van der Waals surface area contributed by atoms with Crippen LogP contribution in [0.25, 0.3) is 0 Å². The summed E-state index contributed by atoms with van der Waals surface area (Å²) in [5.74, 6) is 0.271. The summed E-state index contributed by atoms with van der Waals surface area (Å²) in [6.45, 7) is 13.9. The van der Waals surface area contributed by atoms with Crippen LogP contribution in [0.5, 0.6) is 0 Å². The maximum Gasteiger partial charge on any atom is 0.244 e. The summed E-state index contributed by atoms with van der Waals surface area (Å²) < 4.78 is 29.4. The van der Waals surface area contributed by atoms with Gasteiger partial charge >= 0.3 is 0 Å². The van der Waals surface area contributed by atoms with Gasteiger partial charge in [-0.2, -0.15) is 4.31 Å². The summed E-state index contributed by atoms with van der Waals surface area (Å²) in [5.41, 5.74) is 2.72. The van der Waals surface area contributed by atoms with Gasteiger partial charge in [0.25, 0.3) is 0 Å². The molecule has 0 N–H and O–H groups in total. The first kappa shape index (κ1) is 18.7. The Balaban J connectivity index is 2.62. The van der Waals surface area contributed by atoms with Gasteiger partial charge in [-0.05, 0) is 50.7 Å². The molecule has 0 amide bonds. The van der Waals surface area contributed by atoms with Crippen LogP contribution in [0, 0.1) is 26.7 Å². The van der Waals surface area contributed by atoms with Gasteiger partial charge in [0.2, 0.25) is 10.0 Å². The van der Waals surface area contributed by atoms with Crippen LogP contribution in [0.3, 0.4) is 0 Å². The van der Waals surface area contributed by atoms with Gasteiger partial charge in [0.1, 0.15) is 0 Å². The largest absolute Gasteiger partial charge is 0.244 e. The highest BCUT2D eigenvalue weighted by Crippen LogP contribution is 2.40. The van der Waals surface area contributed by atoms with Crippen molar-refractivity contribution in [3.63, 3.8) is 0 Å². The molecule has 1 aliphatic rings. The normalized spacial score (nSPS) is 22.7. The molecule has 5 heteroatoms. The number of benzene rings is 1. The fourth-order valence-electron chi connectivity index (χ4n) is 3.76. The van der Waals surface area contributed by atoms with Gasteiger partial charge in [0.15, 0.2) is 0 Å². The summed E-state index contributed by atoms with van der Waals surface area (Å²) in [7, 11) is -3.56. The van der Waals surface area contributed by atoms with Gasteiger partial charge in [-0.3, -0.25) is 0 Å². The Kier molecular flexibility index (Phi) is 5.44. The van der Waals surface area contributed by atoms with Crippen molar-refractivity contribution in [3.8, 4) is 0 Å². The highest BCUT2D eigenvalue weighted by molar-refractivity contribution is 9.11. The van der Waals surface area contributed by atoms with E-state index in [2.05, 4.69) is 36.4 Å². The van der Waals surface area contributed by atoms with E-state index >= 15 is 0 Å². The van der Waals surface area contributed by atoms with Crippen LogP contribution in [0.1, 0.15) is 43.4 Å². The van der Waals surface area contributed by atoms with Crippen molar-refractivity contribution in [2.45, 2.75) is 64.4 Å². The molecule has 0 aromatic heterocycles. The second-order valence-electron chi connectivity index (χ2n) is 6.91. The summed E-state index contributed by atoms with van der Waals surface area (Å²) in [5, 5.41) is 0. The first-order valence-electron chi connectivity index (χ1n) is 8.03. The van der Waals surface area contributed by atoms with Crippen molar-refractivity contribution < 1.29 is 8.42 Å². The molecule has 2 atom stereocenters. The Morgan fingerprint density at radius 1 is 1.22 bits per heavy atom. The maximum absolute atomic E-state index is 13.5. The van der Waals surface area contributed by atoms with Gasteiger partial charge in [0, 0.05) is 10.5 Å². The van der Waals surface area contributed by atoms with Crippen LogP contribution in [0.4, 0.5) is 0 Å². The number of sulfonamides is 1. The number of aryl methyl sites for hydroxylation is 3. The number of halogens is 1. The van der Waals surface area contributed by atoms with Gasteiger partial charge in [-0.15, -0.1) is 0 Å². The molecule has 1 saturated heterocycles. The molecule has 1 heterocycles. The molecule has 0 aliphatic carbocycles.